The van der Waals surface area contributed by atoms with Crippen molar-refractivity contribution in [1.82, 2.24) is 4.98 Å². The Morgan fingerprint density at radius 3 is 2.50 bits per heavy atom. The van der Waals surface area contributed by atoms with Crippen LogP contribution in [0.15, 0.2) is 48.7 Å². The second-order valence-electron chi connectivity index (χ2n) is 6.57. The number of aromatic nitrogens is 1. The van der Waals surface area contributed by atoms with E-state index in [9.17, 15) is 18.3 Å². The van der Waals surface area contributed by atoms with Crippen molar-refractivity contribution in [3.63, 3.8) is 0 Å². The third kappa shape index (κ3) is 3.46. The molecule has 0 radical (unpaired) electrons. The molecule has 2 nitrogen and oxygen atoms in total. The molecule has 1 saturated carbocycles. The van der Waals surface area contributed by atoms with E-state index < -0.39 is 17.8 Å². The van der Waals surface area contributed by atoms with Gasteiger partial charge in [-0.1, -0.05) is 30.7 Å². The number of aliphatic hydroxyl groups excluding tert-OH is 1. The number of aryl methyl sites for hydroxylation is 1. The van der Waals surface area contributed by atoms with E-state index in [1.807, 2.05) is 6.07 Å². The molecule has 1 aliphatic carbocycles. The Morgan fingerprint density at radius 1 is 1.12 bits per heavy atom. The molecule has 1 unspecified atom stereocenters. The zero-order chi connectivity index (χ0) is 17.2. The summed E-state index contributed by atoms with van der Waals surface area (Å²) in [6.07, 6.45) is 0.632. The molecule has 0 bridgehead atoms. The van der Waals surface area contributed by atoms with Gasteiger partial charge in [-0.25, -0.2) is 0 Å². The van der Waals surface area contributed by atoms with Gasteiger partial charge in [0.25, 0.3) is 0 Å². The van der Waals surface area contributed by atoms with Crippen LogP contribution in [0.3, 0.4) is 0 Å². The minimum absolute atomic E-state index is 0.275. The normalized spacial score (nSPS) is 18.0. The van der Waals surface area contributed by atoms with Crippen LogP contribution < -0.4 is 0 Å². The minimum atomic E-state index is -4.32. The van der Waals surface area contributed by atoms with Gasteiger partial charge >= 0.3 is 6.18 Å². The van der Waals surface area contributed by atoms with Crippen LogP contribution in [-0.2, 0) is 12.6 Å². The first-order valence-corrected chi connectivity index (χ1v) is 8.16. The van der Waals surface area contributed by atoms with Crippen LogP contribution in [0.25, 0.3) is 0 Å². The number of benzene rings is 1. The molecule has 0 saturated heterocycles. The molecule has 1 aliphatic rings. The lowest BCUT2D eigenvalue weighted by Gasteiger charge is -2.45. The Morgan fingerprint density at radius 2 is 1.92 bits per heavy atom. The molecule has 3 rings (SSSR count). The Kier molecular flexibility index (Phi) is 4.63. The highest BCUT2D eigenvalue weighted by Gasteiger charge is 2.44. The Bertz CT molecular complexity index is 681. The van der Waals surface area contributed by atoms with Crippen LogP contribution in [0.4, 0.5) is 13.2 Å². The van der Waals surface area contributed by atoms with E-state index in [4.69, 9.17) is 0 Å². The predicted octanol–water partition coefficient (Wildman–Crippen LogP) is 4.94. The molecule has 1 aromatic heterocycles. The van der Waals surface area contributed by atoms with Gasteiger partial charge in [-0.15, -0.1) is 0 Å². The quantitative estimate of drug-likeness (QED) is 0.840. The maximum Gasteiger partial charge on any atom is 0.416 e. The average molecular weight is 335 g/mol. The fourth-order valence-electron chi connectivity index (χ4n) is 3.44. The highest BCUT2D eigenvalue weighted by atomic mass is 19.4. The van der Waals surface area contributed by atoms with Crippen molar-refractivity contribution < 1.29 is 18.3 Å². The van der Waals surface area contributed by atoms with Gasteiger partial charge in [-0.05, 0) is 49.4 Å². The highest BCUT2D eigenvalue weighted by molar-refractivity contribution is 5.26. The maximum absolute atomic E-state index is 12.8. The largest absolute Gasteiger partial charge is 0.416 e. The molecule has 1 heterocycles. The zero-order valence-electron chi connectivity index (χ0n) is 13.3. The van der Waals surface area contributed by atoms with Crippen molar-refractivity contribution in [2.24, 2.45) is 5.41 Å². The molecule has 0 aliphatic heterocycles. The molecule has 128 valence electrons. The second kappa shape index (κ2) is 6.55. The van der Waals surface area contributed by atoms with E-state index in [1.165, 1.54) is 12.1 Å². The predicted molar refractivity (Wildman–Crippen MR) is 85.2 cm³/mol. The number of halogens is 3. The van der Waals surface area contributed by atoms with E-state index in [0.717, 1.165) is 25.3 Å². The maximum atomic E-state index is 12.8. The van der Waals surface area contributed by atoms with Crippen molar-refractivity contribution in [3.05, 3.63) is 65.5 Å². The fraction of sp³-hybridized carbons (Fsp3) is 0.421. The van der Waals surface area contributed by atoms with Crippen molar-refractivity contribution in [3.8, 4) is 0 Å². The Balaban J connectivity index is 1.73. The van der Waals surface area contributed by atoms with Gasteiger partial charge in [0.2, 0.25) is 0 Å². The monoisotopic (exact) mass is 335 g/mol. The topological polar surface area (TPSA) is 33.1 Å². The first-order chi connectivity index (χ1) is 11.4. The molecule has 1 N–H and O–H groups in total. The lowest BCUT2D eigenvalue weighted by molar-refractivity contribution is -0.137. The first kappa shape index (κ1) is 17.0. The van der Waals surface area contributed by atoms with Crippen LogP contribution in [0.2, 0.25) is 0 Å². The summed E-state index contributed by atoms with van der Waals surface area (Å²) in [6, 6.07) is 10.9. The number of rotatable bonds is 5. The van der Waals surface area contributed by atoms with Crippen LogP contribution in [0.5, 0.6) is 0 Å². The number of nitrogens with zero attached hydrogens (tertiary/aromatic N) is 1. The first-order valence-electron chi connectivity index (χ1n) is 8.16. The van der Waals surface area contributed by atoms with E-state index >= 15 is 0 Å². The Hall–Kier alpha value is -1.88. The average Bonchev–Trinajstić information content (AvgIpc) is 2.54. The third-order valence-electron chi connectivity index (χ3n) is 5.06. The Labute approximate surface area is 139 Å². The van der Waals surface area contributed by atoms with Crippen molar-refractivity contribution in [2.45, 2.75) is 44.4 Å². The van der Waals surface area contributed by atoms with Crippen LogP contribution in [-0.4, -0.2) is 10.1 Å². The highest BCUT2D eigenvalue weighted by Crippen LogP contribution is 2.53. The minimum Gasteiger partial charge on any atom is -0.386 e. The summed E-state index contributed by atoms with van der Waals surface area (Å²) >= 11 is 0. The third-order valence-corrected chi connectivity index (χ3v) is 5.06. The zero-order valence-corrected chi connectivity index (χ0v) is 13.3. The summed E-state index contributed by atoms with van der Waals surface area (Å²) in [7, 11) is 0. The van der Waals surface area contributed by atoms with Crippen LogP contribution >= 0.6 is 0 Å². The number of alkyl halides is 3. The second-order valence-corrected chi connectivity index (χ2v) is 6.57. The molecule has 1 atom stereocenters. The smallest absolute Gasteiger partial charge is 0.386 e. The fourth-order valence-corrected chi connectivity index (χ4v) is 3.44. The number of pyridine rings is 1. The van der Waals surface area contributed by atoms with Crippen molar-refractivity contribution in [2.75, 3.05) is 0 Å². The van der Waals surface area contributed by atoms with Gasteiger partial charge in [0.15, 0.2) is 0 Å². The number of hydrogen-bond acceptors (Lipinski definition) is 2. The van der Waals surface area contributed by atoms with E-state index in [0.29, 0.717) is 24.1 Å². The summed E-state index contributed by atoms with van der Waals surface area (Å²) in [4.78, 5) is 4.23. The standard InChI is InChI=1S/C19H20F3NO/c20-19(21,22)15-6-3-5-14(13-15)8-11-18(9-4-10-18)17(24)16-7-1-2-12-23-16/h1-3,5-7,12-13,17,24H,4,8-11H2. The molecule has 2 aromatic rings. The molecule has 1 fully saturated rings. The molecule has 24 heavy (non-hydrogen) atoms. The van der Waals surface area contributed by atoms with Crippen LogP contribution in [0.1, 0.15) is 48.6 Å². The van der Waals surface area contributed by atoms with Crippen LogP contribution in [0, 0.1) is 5.41 Å². The molecule has 0 spiro atoms. The van der Waals surface area contributed by atoms with E-state index in [1.54, 1.807) is 24.4 Å². The summed E-state index contributed by atoms with van der Waals surface area (Å²) in [6.45, 7) is 0. The molecular formula is C19H20F3NO. The van der Waals surface area contributed by atoms with E-state index in [-0.39, 0.29) is 5.41 Å². The number of hydrogen-bond donors (Lipinski definition) is 1. The van der Waals surface area contributed by atoms with Gasteiger partial charge in [-0.2, -0.15) is 13.2 Å². The molecule has 1 aromatic carbocycles. The summed E-state index contributed by atoms with van der Waals surface area (Å²) < 4.78 is 38.5. The molecule has 0 amide bonds. The van der Waals surface area contributed by atoms with Gasteiger partial charge < -0.3 is 5.11 Å². The molecule has 5 heteroatoms. The molecular weight excluding hydrogens is 315 g/mol. The summed E-state index contributed by atoms with van der Waals surface area (Å²) in [5, 5.41) is 10.7. The van der Waals surface area contributed by atoms with Gasteiger partial charge in [0.05, 0.1) is 11.3 Å². The van der Waals surface area contributed by atoms with E-state index in [2.05, 4.69) is 4.98 Å². The van der Waals surface area contributed by atoms with Gasteiger partial charge in [0, 0.05) is 11.6 Å². The van der Waals surface area contributed by atoms with Gasteiger partial charge in [-0.3, -0.25) is 4.98 Å². The SMILES string of the molecule is OC(c1ccccn1)C1(CCc2cccc(C(F)(F)F)c2)CCC1. The summed E-state index contributed by atoms with van der Waals surface area (Å²) in [5.74, 6) is 0. The lowest BCUT2D eigenvalue weighted by Crippen LogP contribution is -2.37. The lowest BCUT2D eigenvalue weighted by atomic mass is 9.61. The van der Waals surface area contributed by atoms with Crippen molar-refractivity contribution >= 4 is 0 Å². The summed E-state index contributed by atoms with van der Waals surface area (Å²) in [5.41, 5.74) is 0.404. The van der Waals surface area contributed by atoms with Gasteiger partial charge in [0.1, 0.15) is 6.10 Å². The van der Waals surface area contributed by atoms with Crippen molar-refractivity contribution in [1.29, 1.82) is 0 Å². The number of aliphatic hydroxyl groups is 1.